The molecule has 0 aromatic carbocycles. The first-order valence-corrected chi connectivity index (χ1v) is 7.97. The molecule has 2 rings (SSSR count). The molecule has 108 valence electrons. The van der Waals surface area contributed by atoms with E-state index < -0.39 is 11.6 Å². The van der Waals surface area contributed by atoms with Gasteiger partial charge in [-0.25, -0.2) is 4.79 Å². The summed E-state index contributed by atoms with van der Waals surface area (Å²) in [5.41, 5.74) is -0.854. The number of hydrogen-bond donors (Lipinski definition) is 1. The van der Waals surface area contributed by atoms with Gasteiger partial charge in [0.05, 0.1) is 15.2 Å². The first-order chi connectivity index (χ1) is 9.43. The molecule has 0 spiro atoms. The maximum absolute atomic E-state index is 12.4. The normalized spacial score (nSPS) is 17.4. The lowest BCUT2D eigenvalue weighted by Gasteiger charge is -2.22. The van der Waals surface area contributed by atoms with Gasteiger partial charge in [0.15, 0.2) is 5.78 Å². The van der Waals surface area contributed by atoms with Crippen molar-refractivity contribution in [2.45, 2.75) is 32.2 Å². The van der Waals surface area contributed by atoms with Crippen LogP contribution in [0.4, 0.5) is 4.79 Å². The first kappa shape index (κ1) is 15.2. The topological polar surface area (TPSA) is 66.5 Å². The number of halogens is 1. The summed E-state index contributed by atoms with van der Waals surface area (Å²) in [6.45, 7) is 3.49. The number of imide groups is 1. The van der Waals surface area contributed by atoms with Gasteiger partial charge in [0.25, 0.3) is 5.91 Å². The second-order valence-corrected chi connectivity index (χ2v) is 7.10. The van der Waals surface area contributed by atoms with Gasteiger partial charge in [0.1, 0.15) is 5.54 Å². The average molecular weight is 359 g/mol. The van der Waals surface area contributed by atoms with E-state index >= 15 is 0 Å². The maximum Gasteiger partial charge on any atom is 0.325 e. The summed E-state index contributed by atoms with van der Waals surface area (Å²) in [6.07, 6.45) is 1.03. The summed E-state index contributed by atoms with van der Waals surface area (Å²) in [6, 6.07) is 2.97. The molecule has 20 heavy (non-hydrogen) atoms. The van der Waals surface area contributed by atoms with Crippen LogP contribution in [-0.4, -0.2) is 34.7 Å². The lowest BCUT2D eigenvalue weighted by atomic mass is 9.93. The van der Waals surface area contributed by atoms with Crippen molar-refractivity contribution in [2.75, 3.05) is 6.54 Å². The van der Waals surface area contributed by atoms with Crippen LogP contribution in [0.1, 0.15) is 36.4 Å². The number of nitrogens with one attached hydrogen (secondary N) is 1. The molecule has 1 aliphatic rings. The van der Waals surface area contributed by atoms with E-state index in [0.717, 1.165) is 8.69 Å². The number of carbonyl (C=O) groups is 3. The zero-order chi connectivity index (χ0) is 14.9. The zero-order valence-electron chi connectivity index (χ0n) is 11.2. The third kappa shape index (κ3) is 2.52. The van der Waals surface area contributed by atoms with Crippen LogP contribution in [0, 0.1) is 0 Å². The largest absolute Gasteiger partial charge is 0.325 e. The van der Waals surface area contributed by atoms with Crippen LogP contribution in [-0.2, 0) is 4.79 Å². The Kier molecular flexibility index (Phi) is 4.29. The number of urea groups is 1. The van der Waals surface area contributed by atoms with Crippen molar-refractivity contribution < 1.29 is 14.4 Å². The van der Waals surface area contributed by atoms with Crippen LogP contribution < -0.4 is 5.32 Å². The summed E-state index contributed by atoms with van der Waals surface area (Å²) < 4.78 is 0.842. The quantitative estimate of drug-likeness (QED) is 0.649. The minimum Gasteiger partial charge on any atom is -0.323 e. The molecule has 0 bridgehead atoms. The van der Waals surface area contributed by atoms with Gasteiger partial charge in [-0.1, -0.05) is 13.8 Å². The van der Waals surface area contributed by atoms with E-state index in [1.54, 1.807) is 12.1 Å². The monoisotopic (exact) mass is 358 g/mol. The summed E-state index contributed by atoms with van der Waals surface area (Å²) in [4.78, 5) is 37.9. The summed E-state index contributed by atoms with van der Waals surface area (Å²) >= 11 is 4.57. The molecule has 1 aromatic rings. The van der Waals surface area contributed by atoms with Gasteiger partial charge < -0.3 is 5.32 Å². The van der Waals surface area contributed by atoms with Crippen molar-refractivity contribution in [3.63, 3.8) is 0 Å². The summed E-state index contributed by atoms with van der Waals surface area (Å²) in [5.74, 6) is -0.538. The van der Waals surface area contributed by atoms with Gasteiger partial charge in [-0.3, -0.25) is 14.5 Å². The standard InChI is InChI=1S/C13H15BrN2O3S/c1-3-13(4-2)11(18)16(12(19)15-13)7-8(17)9-5-6-10(14)20-9/h5-6H,3-4,7H2,1-2H3,(H,15,19). The number of thiophene rings is 1. The molecular weight excluding hydrogens is 344 g/mol. The number of amides is 3. The number of carbonyl (C=O) groups excluding carboxylic acids is 3. The number of hydrogen-bond acceptors (Lipinski definition) is 4. The van der Waals surface area contributed by atoms with E-state index in [-0.39, 0.29) is 18.2 Å². The number of ketones is 1. The first-order valence-electron chi connectivity index (χ1n) is 6.36. The molecule has 0 radical (unpaired) electrons. The molecule has 1 fully saturated rings. The highest BCUT2D eigenvalue weighted by Crippen LogP contribution is 2.26. The molecule has 1 saturated heterocycles. The predicted molar refractivity (Wildman–Crippen MR) is 79.9 cm³/mol. The van der Waals surface area contributed by atoms with Gasteiger partial charge in [-0.15, -0.1) is 11.3 Å². The van der Waals surface area contributed by atoms with E-state index in [9.17, 15) is 14.4 Å². The molecule has 1 aromatic heterocycles. The van der Waals surface area contributed by atoms with Crippen molar-refractivity contribution in [3.05, 3.63) is 20.8 Å². The smallest absolute Gasteiger partial charge is 0.323 e. The molecule has 7 heteroatoms. The van der Waals surface area contributed by atoms with Gasteiger partial charge in [0.2, 0.25) is 0 Å². The Hall–Kier alpha value is -1.21. The molecular formula is C13H15BrN2O3S. The predicted octanol–water partition coefficient (Wildman–Crippen LogP) is 2.80. The molecule has 0 unspecified atom stereocenters. The van der Waals surface area contributed by atoms with Gasteiger partial charge >= 0.3 is 6.03 Å². The molecule has 0 aliphatic carbocycles. The molecule has 5 nitrogen and oxygen atoms in total. The van der Waals surface area contributed by atoms with E-state index in [1.165, 1.54) is 11.3 Å². The molecule has 1 N–H and O–H groups in total. The Morgan fingerprint density at radius 1 is 1.35 bits per heavy atom. The lowest BCUT2D eigenvalue weighted by Crippen LogP contribution is -2.46. The van der Waals surface area contributed by atoms with Gasteiger partial charge in [0, 0.05) is 0 Å². The Bertz CT molecular complexity index is 566. The minimum atomic E-state index is -0.854. The highest BCUT2D eigenvalue weighted by Gasteiger charge is 2.49. The molecule has 0 atom stereocenters. The van der Waals surface area contributed by atoms with Gasteiger partial charge in [-0.05, 0) is 40.9 Å². The molecule has 1 aliphatic heterocycles. The maximum atomic E-state index is 12.4. The van der Waals surface area contributed by atoms with Crippen molar-refractivity contribution in [2.24, 2.45) is 0 Å². The number of Topliss-reactive ketones (excluding diaryl/α,β-unsaturated/α-hetero) is 1. The van der Waals surface area contributed by atoms with Crippen molar-refractivity contribution in [3.8, 4) is 0 Å². The zero-order valence-corrected chi connectivity index (χ0v) is 13.6. The Morgan fingerprint density at radius 2 is 2.00 bits per heavy atom. The second kappa shape index (κ2) is 5.65. The minimum absolute atomic E-state index is 0.209. The summed E-state index contributed by atoms with van der Waals surface area (Å²) in [5, 5.41) is 2.71. The van der Waals surface area contributed by atoms with E-state index in [4.69, 9.17) is 0 Å². The summed E-state index contributed by atoms with van der Waals surface area (Å²) in [7, 11) is 0. The van der Waals surface area contributed by atoms with Crippen LogP contribution in [0.2, 0.25) is 0 Å². The van der Waals surface area contributed by atoms with Gasteiger partial charge in [-0.2, -0.15) is 0 Å². The fourth-order valence-corrected chi connectivity index (χ4v) is 3.55. The Balaban J connectivity index is 2.16. The molecule has 3 amide bonds. The van der Waals surface area contributed by atoms with Crippen LogP contribution in [0.15, 0.2) is 15.9 Å². The Labute approximate surface area is 129 Å². The van der Waals surface area contributed by atoms with E-state index in [2.05, 4.69) is 21.2 Å². The third-order valence-corrected chi connectivity index (χ3v) is 5.27. The van der Waals surface area contributed by atoms with E-state index in [1.807, 2.05) is 13.8 Å². The van der Waals surface area contributed by atoms with E-state index in [0.29, 0.717) is 17.7 Å². The fourth-order valence-electron chi connectivity index (χ4n) is 2.23. The van der Waals surface area contributed by atoms with Crippen LogP contribution >= 0.6 is 27.3 Å². The number of nitrogens with zero attached hydrogens (tertiary/aromatic N) is 1. The van der Waals surface area contributed by atoms with Crippen molar-refractivity contribution >= 4 is 45.0 Å². The van der Waals surface area contributed by atoms with Crippen molar-refractivity contribution in [1.29, 1.82) is 0 Å². The highest BCUT2D eigenvalue weighted by molar-refractivity contribution is 9.11. The second-order valence-electron chi connectivity index (χ2n) is 4.64. The highest BCUT2D eigenvalue weighted by atomic mass is 79.9. The third-order valence-electron chi connectivity index (χ3n) is 3.60. The van der Waals surface area contributed by atoms with Crippen LogP contribution in [0.5, 0.6) is 0 Å². The van der Waals surface area contributed by atoms with Crippen LogP contribution in [0.3, 0.4) is 0 Å². The van der Waals surface area contributed by atoms with Crippen LogP contribution in [0.25, 0.3) is 0 Å². The molecule has 0 saturated carbocycles. The number of rotatable bonds is 5. The SMILES string of the molecule is CCC1(CC)NC(=O)N(CC(=O)c2ccc(Br)s2)C1=O. The average Bonchev–Trinajstić information content (AvgIpc) is 2.96. The Morgan fingerprint density at radius 3 is 2.45 bits per heavy atom. The lowest BCUT2D eigenvalue weighted by molar-refractivity contribution is -0.131. The fraction of sp³-hybridized carbons (Fsp3) is 0.462. The van der Waals surface area contributed by atoms with Crippen molar-refractivity contribution in [1.82, 2.24) is 10.2 Å². The molecule has 2 heterocycles.